The molecule has 0 spiro atoms. The van der Waals surface area contributed by atoms with Gasteiger partial charge in [-0.15, -0.1) is 0 Å². The largest absolute Gasteiger partial charge is 0.336 e. The molecule has 2 rings (SSSR count). The fourth-order valence-corrected chi connectivity index (χ4v) is 2.72. The third kappa shape index (κ3) is 3.37. The molecule has 5 heteroatoms. The van der Waals surface area contributed by atoms with Crippen LogP contribution in [0.4, 0.5) is 8.78 Å². The van der Waals surface area contributed by atoms with Gasteiger partial charge in [0.25, 0.3) is 5.92 Å². The Kier molecular flexibility index (Phi) is 3.66. The summed E-state index contributed by atoms with van der Waals surface area (Å²) in [5.41, 5.74) is 5.79. The van der Waals surface area contributed by atoms with Crippen LogP contribution in [0.5, 0.6) is 0 Å². The number of amides is 1. The van der Waals surface area contributed by atoms with Crippen LogP contribution in [0.25, 0.3) is 0 Å². The van der Waals surface area contributed by atoms with E-state index in [0.717, 1.165) is 25.7 Å². The predicted molar refractivity (Wildman–Crippen MR) is 60.7 cm³/mol. The molecular formula is C12H20F2N2O. The fourth-order valence-electron chi connectivity index (χ4n) is 2.72. The maximum Gasteiger partial charge on any atom is 0.267 e. The molecule has 1 aliphatic heterocycles. The Balaban J connectivity index is 1.78. The molecule has 98 valence electrons. The van der Waals surface area contributed by atoms with Gasteiger partial charge in [0.2, 0.25) is 5.91 Å². The Morgan fingerprint density at radius 2 is 1.94 bits per heavy atom. The number of nitrogens with two attached hydrogens (primary N) is 1. The van der Waals surface area contributed by atoms with Gasteiger partial charge in [-0.2, -0.15) is 0 Å². The van der Waals surface area contributed by atoms with Gasteiger partial charge in [0.05, 0.1) is 6.54 Å². The van der Waals surface area contributed by atoms with Crippen LogP contribution in [0.2, 0.25) is 0 Å². The summed E-state index contributed by atoms with van der Waals surface area (Å²) in [4.78, 5) is 13.2. The number of hydrogen-bond donors (Lipinski definition) is 1. The van der Waals surface area contributed by atoms with Crippen molar-refractivity contribution in [3.05, 3.63) is 0 Å². The van der Waals surface area contributed by atoms with Crippen molar-refractivity contribution in [2.24, 2.45) is 11.7 Å². The van der Waals surface area contributed by atoms with Crippen LogP contribution in [0.1, 0.15) is 38.5 Å². The molecule has 0 radical (unpaired) electrons. The zero-order valence-electron chi connectivity index (χ0n) is 10.0. The van der Waals surface area contributed by atoms with Crippen molar-refractivity contribution in [3.8, 4) is 0 Å². The van der Waals surface area contributed by atoms with Crippen LogP contribution >= 0.6 is 0 Å². The SMILES string of the molecule is NC1CCC(CC(=O)N2CCC(F)(F)C2)CC1. The molecule has 0 unspecified atom stereocenters. The van der Waals surface area contributed by atoms with Crippen LogP contribution in [0.3, 0.4) is 0 Å². The van der Waals surface area contributed by atoms with Crippen molar-refractivity contribution in [2.45, 2.75) is 50.5 Å². The third-order valence-corrected chi connectivity index (χ3v) is 3.88. The molecule has 3 nitrogen and oxygen atoms in total. The lowest BCUT2D eigenvalue weighted by molar-refractivity contribution is -0.132. The number of nitrogens with zero attached hydrogens (tertiary/aromatic N) is 1. The number of alkyl halides is 2. The summed E-state index contributed by atoms with van der Waals surface area (Å²) in [7, 11) is 0. The first-order valence-corrected chi connectivity index (χ1v) is 6.37. The second kappa shape index (κ2) is 4.88. The standard InChI is InChI=1S/C12H20F2N2O/c13-12(14)5-6-16(8-12)11(17)7-9-1-3-10(15)4-2-9/h9-10H,1-8,15H2. The summed E-state index contributed by atoms with van der Waals surface area (Å²) >= 11 is 0. The summed E-state index contributed by atoms with van der Waals surface area (Å²) < 4.78 is 25.9. The number of carbonyl (C=O) groups excluding carboxylic acids is 1. The summed E-state index contributed by atoms with van der Waals surface area (Å²) in [6.07, 6.45) is 4.05. The van der Waals surface area contributed by atoms with Gasteiger partial charge in [-0.05, 0) is 31.6 Å². The van der Waals surface area contributed by atoms with Gasteiger partial charge < -0.3 is 10.6 Å². The molecule has 0 aromatic carbocycles. The molecule has 1 amide bonds. The van der Waals surface area contributed by atoms with Crippen molar-refractivity contribution in [1.29, 1.82) is 0 Å². The first-order chi connectivity index (χ1) is 7.96. The van der Waals surface area contributed by atoms with Gasteiger partial charge in [-0.1, -0.05) is 0 Å². The van der Waals surface area contributed by atoms with Crippen LogP contribution < -0.4 is 5.73 Å². The molecular weight excluding hydrogens is 226 g/mol. The van der Waals surface area contributed by atoms with E-state index in [1.165, 1.54) is 4.90 Å². The maximum absolute atomic E-state index is 13.0. The Morgan fingerprint density at radius 1 is 1.29 bits per heavy atom. The van der Waals surface area contributed by atoms with Gasteiger partial charge in [0.15, 0.2) is 0 Å². The Bertz CT molecular complexity index is 288. The van der Waals surface area contributed by atoms with Gasteiger partial charge in [0.1, 0.15) is 0 Å². The Hall–Kier alpha value is -0.710. The minimum absolute atomic E-state index is 0.109. The monoisotopic (exact) mass is 246 g/mol. The second-order valence-corrected chi connectivity index (χ2v) is 5.41. The van der Waals surface area contributed by atoms with E-state index < -0.39 is 12.5 Å². The van der Waals surface area contributed by atoms with Crippen LogP contribution in [-0.2, 0) is 4.79 Å². The van der Waals surface area contributed by atoms with E-state index in [-0.39, 0.29) is 24.9 Å². The summed E-state index contributed by atoms with van der Waals surface area (Å²) in [6, 6.07) is 0.262. The number of halogens is 2. The molecule has 2 fully saturated rings. The zero-order valence-corrected chi connectivity index (χ0v) is 10.0. The predicted octanol–water partition coefficient (Wildman–Crippen LogP) is 1.76. The molecule has 1 heterocycles. The van der Waals surface area contributed by atoms with E-state index in [0.29, 0.717) is 12.3 Å². The molecule has 0 aromatic rings. The summed E-state index contributed by atoms with van der Waals surface area (Å²) in [5.74, 6) is -2.44. The molecule has 0 atom stereocenters. The van der Waals surface area contributed by atoms with Crippen molar-refractivity contribution >= 4 is 5.91 Å². The molecule has 1 saturated heterocycles. The topological polar surface area (TPSA) is 46.3 Å². The van der Waals surface area contributed by atoms with Crippen LogP contribution in [0.15, 0.2) is 0 Å². The minimum atomic E-state index is -2.68. The van der Waals surface area contributed by atoms with Gasteiger partial charge in [0, 0.05) is 25.4 Å². The van der Waals surface area contributed by atoms with E-state index in [1.54, 1.807) is 0 Å². The summed E-state index contributed by atoms with van der Waals surface area (Å²) in [5, 5.41) is 0. The molecule has 0 bridgehead atoms. The number of carbonyl (C=O) groups is 1. The van der Waals surface area contributed by atoms with Crippen molar-refractivity contribution in [3.63, 3.8) is 0 Å². The first-order valence-electron chi connectivity index (χ1n) is 6.37. The molecule has 1 saturated carbocycles. The molecule has 1 aliphatic carbocycles. The van der Waals surface area contributed by atoms with Gasteiger partial charge in [-0.25, -0.2) is 8.78 Å². The highest BCUT2D eigenvalue weighted by Gasteiger charge is 2.40. The normalized spacial score (nSPS) is 32.8. The number of likely N-dealkylation sites (tertiary alicyclic amines) is 1. The van der Waals surface area contributed by atoms with E-state index in [2.05, 4.69) is 0 Å². The highest BCUT2D eigenvalue weighted by molar-refractivity contribution is 5.76. The Morgan fingerprint density at radius 3 is 2.47 bits per heavy atom. The lowest BCUT2D eigenvalue weighted by atomic mass is 9.84. The average molecular weight is 246 g/mol. The fraction of sp³-hybridized carbons (Fsp3) is 0.917. The quantitative estimate of drug-likeness (QED) is 0.807. The lowest BCUT2D eigenvalue weighted by Gasteiger charge is -2.27. The van der Waals surface area contributed by atoms with Crippen LogP contribution in [0, 0.1) is 5.92 Å². The second-order valence-electron chi connectivity index (χ2n) is 5.41. The first kappa shape index (κ1) is 12.7. The number of hydrogen-bond acceptors (Lipinski definition) is 2. The molecule has 2 N–H and O–H groups in total. The highest BCUT2D eigenvalue weighted by atomic mass is 19.3. The van der Waals surface area contributed by atoms with E-state index in [9.17, 15) is 13.6 Å². The molecule has 2 aliphatic rings. The van der Waals surface area contributed by atoms with E-state index in [1.807, 2.05) is 0 Å². The summed E-state index contributed by atoms with van der Waals surface area (Å²) in [6.45, 7) is -0.184. The van der Waals surface area contributed by atoms with Gasteiger partial charge >= 0.3 is 0 Å². The maximum atomic E-state index is 13.0. The van der Waals surface area contributed by atoms with Crippen molar-refractivity contribution < 1.29 is 13.6 Å². The molecule has 17 heavy (non-hydrogen) atoms. The lowest BCUT2D eigenvalue weighted by Crippen LogP contribution is -2.34. The Labute approximate surface area is 100 Å². The van der Waals surface area contributed by atoms with Crippen molar-refractivity contribution in [2.75, 3.05) is 13.1 Å². The number of rotatable bonds is 2. The third-order valence-electron chi connectivity index (χ3n) is 3.88. The van der Waals surface area contributed by atoms with E-state index in [4.69, 9.17) is 5.73 Å². The minimum Gasteiger partial charge on any atom is -0.336 e. The van der Waals surface area contributed by atoms with Crippen molar-refractivity contribution in [1.82, 2.24) is 4.90 Å². The molecule has 0 aromatic heterocycles. The van der Waals surface area contributed by atoms with Crippen LogP contribution in [-0.4, -0.2) is 35.9 Å². The van der Waals surface area contributed by atoms with E-state index >= 15 is 0 Å². The zero-order chi connectivity index (χ0) is 12.5. The highest BCUT2D eigenvalue weighted by Crippen LogP contribution is 2.30. The van der Waals surface area contributed by atoms with Gasteiger partial charge in [-0.3, -0.25) is 4.79 Å². The average Bonchev–Trinajstić information content (AvgIpc) is 2.62. The smallest absolute Gasteiger partial charge is 0.267 e.